The van der Waals surface area contributed by atoms with Crippen molar-refractivity contribution < 1.29 is 5.11 Å². The Bertz CT molecular complexity index is 246. The van der Waals surface area contributed by atoms with Gasteiger partial charge in [0.15, 0.2) is 0 Å². The van der Waals surface area contributed by atoms with Crippen LogP contribution in [0.25, 0.3) is 0 Å². The van der Waals surface area contributed by atoms with Crippen LogP contribution in [0.2, 0.25) is 5.02 Å². The number of rotatable bonds is 4. The lowest BCUT2D eigenvalue weighted by Crippen LogP contribution is -2.22. The molecule has 0 aromatic carbocycles. The van der Waals surface area contributed by atoms with Gasteiger partial charge in [0.05, 0.1) is 17.7 Å². The molecule has 0 fully saturated rings. The average Bonchev–Trinajstić information content (AvgIpc) is 2.17. The van der Waals surface area contributed by atoms with E-state index in [1.165, 1.54) is 0 Å². The van der Waals surface area contributed by atoms with Crippen molar-refractivity contribution in [3.63, 3.8) is 0 Å². The summed E-state index contributed by atoms with van der Waals surface area (Å²) in [5, 5.41) is 12.6. The summed E-state index contributed by atoms with van der Waals surface area (Å²) in [5.74, 6) is 0.741. The number of halogens is 1. The Balaban J connectivity index is 2.58. The minimum atomic E-state index is 0.0636. The van der Waals surface area contributed by atoms with E-state index >= 15 is 0 Å². The molecule has 0 radical (unpaired) electrons. The summed E-state index contributed by atoms with van der Waals surface area (Å²) < 4.78 is 0. The highest BCUT2D eigenvalue weighted by molar-refractivity contribution is 6.30. The summed E-state index contributed by atoms with van der Waals surface area (Å²) in [7, 11) is 0. The first-order valence-electron chi connectivity index (χ1n) is 4.25. The van der Waals surface area contributed by atoms with Gasteiger partial charge >= 0.3 is 0 Å². The van der Waals surface area contributed by atoms with Crippen LogP contribution >= 0.6 is 11.6 Å². The summed E-state index contributed by atoms with van der Waals surface area (Å²) in [6, 6.07) is 3.62. The van der Waals surface area contributed by atoms with Gasteiger partial charge in [0.1, 0.15) is 5.82 Å². The van der Waals surface area contributed by atoms with Crippen LogP contribution in [0.1, 0.15) is 13.3 Å². The first kappa shape index (κ1) is 10.3. The van der Waals surface area contributed by atoms with Crippen molar-refractivity contribution in [2.75, 3.05) is 11.9 Å². The van der Waals surface area contributed by atoms with Crippen molar-refractivity contribution in [2.45, 2.75) is 19.4 Å². The zero-order valence-electron chi connectivity index (χ0n) is 7.50. The van der Waals surface area contributed by atoms with Gasteiger partial charge in [-0.25, -0.2) is 4.98 Å². The molecule has 1 aromatic rings. The second-order valence-electron chi connectivity index (χ2n) is 2.79. The Labute approximate surface area is 82.8 Å². The van der Waals surface area contributed by atoms with E-state index in [0.29, 0.717) is 5.02 Å². The Hall–Kier alpha value is -0.800. The quantitative estimate of drug-likeness (QED) is 0.781. The topological polar surface area (TPSA) is 45.1 Å². The van der Waals surface area contributed by atoms with E-state index < -0.39 is 0 Å². The van der Waals surface area contributed by atoms with Crippen molar-refractivity contribution in [1.82, 2.24) is 4.98 Å². The summed E-state index contributed by atoms with van der Waals surface area (Å²) in [6.07, 6.45) is 2.44. The van der Waals surface area contributed by atoms with Crippen molar-refractivity contribution in [2.24, 2.45) is 0 Å². The molecule has 4 heteroatoms. The Morgan fingerprint density at radius 3 is 2.85 bits per heavy atom. The third kappa shape index (κ3) is 3.20. The monoisotopic (exact) mass is 200 g/mol. The van der Waals surface area contributed by atoms with Gasteiger partial charge in [-0.15, -0.1) is 0 Å². The summed E-state index contributed by atoms with van der Waals surface area (Å²) in [4.78, 5) is 4.06. The number of aliphatic hydroxyl groups excluding tert-OH is 1. The fourth-order valence-electron chi connectivity index (χ4n) is 0.947. The molecule has 0 amide bonds. The number of hydrogen-bond donors (Lipinski definition) is 2. The first-order chi connectivity index (χ1) is 6.26. The van der Waals surface area contributed by atoms with Crippen LogP contribution in [0.5, 0.6) is 0 Å². The molecule has 0 aliphatic rings. The van der Waals surface area contributed by atoms with Crippen molar-refractivity contribution in [1.29, 1.82) is 0 Å². The number of hydrogen-bond acceptors (Lipinski definition) is 3. The van der Waals surface area contributed by atoms with E-state index in [-0.39, 0.29) is 12.6 Å². The molecular weight excluding hydrogens is 188 g/mol. The van der Waals surface area contributed by atoms with Gasteiger partial charge in [0.25, 0.3) is 0 Å². The zero-order chi connectivity index (χ0) is 9.68. The molecule has 0 aliphatic carbocycles. The van der Waals surface area contributed by atoms with Crippen LogP contribution in [0.15, 0.2) is 18.3 Å². The fourth-order valence-corrected chi connectivity index (χ4v) is 1.06. The summed E-state index contributed by atoms with van der Waals surface area (Å²) >= 11 is 5.68. The second kappa shape index (κ2) is 5.04. The molecule has 0 spiro atoms. The Kier molecular flexibility index (Phi) is 3.99. The highest BCUT2D eigenvalue weighted by atomic mass is 35.5. The highest BCUT2D eigenvalue weighted by Gasteiger charge is 2.03. The summed E-state index contributed by atoms with van der Waals surface area (Å²) in [5.41, 5.74) is 0. The van der Waals surface area contributed by atoms with Crippen LogP contribution in [-0.2, 0) is 0 Å². The molecule has 72 valence electrons. The molecule has 0 bridgehead atoms. The second-order valence-corrected chi connectivity index (χ2v) is 3.23. The molecule has 13 heavy (non-hydrogen) atoms. The predicted octanol–water partition coefficient (Wildman–Crippen LogP) is 1.92. The van der Waals surface area contributed by atoms with E-state index in [9.17, 15) is 0 Å². The molecular formula is C9H13ClN2O. The Morgan fingerprint density at radius 2 is 2.38 bits per heavy atom. The normalized spacial score (nSPS) is 12.5. The van der Waals surface area contributed by atoms with Gasteiger partial charge in [-0.2, -0.15) is 0 Å². The zero-order valence-corrected chi connectivity index (χ0v) is 8.25. The van der Waals surface area contributed by atoms with Crippen LogP contribution in [-0.4, -0.2) is 22.7 Å². The van der Waals surface area contributed by atoms with E-state index in [4.69, 9.17) is 16.7 Å². The lowest BCUT2D eigenvalue weighted by atomic mass is 10.2. The maximum absolute atomic E-state index is 8.93. The largest absolute Gasteiger partial charge is 0.394 e. The molecule has 1 aromatic heterocycles. The maximum atomic E-state index is 8.93. The van der Waals surface area contributed by atoms with E-state index in [2.05, 4.69) is 10.3 Å². The van der Waals surface area contributed by atoms with Crippen LogP contribution in [0, 0.1) is 0 Å². The van der Waals surface area contributed by atoms with Crippen molar-refractivity contribution in [3.8, 4) is 0 Å². The summed E-state index contributed by atoms with van der Waals surface area (Å²) in [6.45, 7) is 2.12. The minimum Gasteiger partial charge on any atom is -0.394 e. The number of nitrogens with one attached hydrogen (secondary N) is 1. The minimum absolute atomic E-state index is 0.0636. The molecule has 1 atom stereocenters. The molecule has 3 nitrogen and oxygen atoms in total. The Morgan fingerprint density at radius 1 is 1.62 bits per heavy atom. The molecule has 0 saturated carbocycles. The molecule has 1 rings (SSSR count). The number of aromatic nitrogens is 1. The smallest absolute Gasteiger partial charge is 0.126 e. The van der Waals surface area contributed by atoms with Gasteiger partial charge in [-0.1, -0.05) is 18.5 Å². The third-order valence-electron chi connectivity index (χ3n) is 1.79. The molecule has 2 N–H and O–H groups in total. The van der Waals surface area contributed by atoms with Crippen molar-refractivity contribution in [3.05, 3.63) is 23.4 Å². The van der Waals surface area contributed by atoms with Gasteiger partial charge in [0.2, 0.25) is 0 Å². The molecule has 0 aliphatic heterocycles. The van der Waals surface area contributed by atoms with Gasteiger partial charge in [-0.05, 0) is 18.6 Å². The first-order valence-corrected chi connectivity index (χ1v) is 4.63. The van der Waals surface area contributed by atoms with Crippen LogP contribution < -0.4 is 5.32 Å². The van der Waals surface area contributed by atoms with E-state index in [1.807, 2.05) is 6.92 Å². The van der Waals surface area contributed by atoms with Gasteiger partial charge in [0, 0.05) is 6.20 Å². The van der Waals surface area contributed by atoms with E-state index in [1.54, 1.807) is 18.3 Å². The van der Waals surface area contributed by atoms with Gasteiger partial charge < -0.3 is 10.4 Å². The molecule has 1 unspecified atom stereocenters. The lowest BCUT2D eigenvalue weighted by Gasteiger charge is -2.14. The maximum Gasteiger partial charge on any atom is 0.126 e. The molecule has 1 heterocycles. The number of anilines is 1. The fraction of sp³-hybridized carbons (Fsp3) is 0.444. The average molecular weight is 201 g/mol. The SMILES string of the molecule is CCC(CO)Nc1ccc(Cl)cn1. The van der Waals surface area contributed by atoms with Crippen LogP contribution in [0.3, 0.4) is 0 Å². The number of pyridine rings is 1. The third-order valence-corrected chi connectivity index (χ3v) is 2.02. The number of aliphatic hydroxyl groups is 1. The number of nitrogens with zero attached hydrogens (tertiary/aromatic N) is 1. The highest BCUT2D eigenvalue weighted by Crippen LogP contribution is 2.10. The standard InChI is InChI=1S/C9H13ClN2O/c1-2-8(6-13)12-9-4-3-7(10)5-11-9/h3-5,8,13H,2,6H2,1H3,(H,11,12). The van der Waals surface area contributed by atoms with E-state index in [0.717, 1.165) is 12.2 Å². The lowest BCUT2D eigenvalue weighted by molar-refractivity contribution is 0.271. The van der Waals surface area contributed by atoms with Crippen molar-refractivity contribution >= 4 is 17.4 Å². The van der Waals surface area contributed by atoms with Gasteiger partial charge in [-0.3, -0.25) is 0 Å². The molecule has 0 saturated heterocycles. The predicted molar refractivity (Wildman–Crippen MR) is 54.0 cm³/mol. The van der Waals surface area contributed by atoms with Crippen LogP contribution in [0.4, 0.5) is 5.82 Å².